The second-order valence-corrected chi connectivity index (χ2v) is 11.6. The first kappa shape index (κ1) is 23.3. The molecule has 0 aromatic rings. The summed E-state index contributed by atoms with van der Waals surface area (Å²) >= 11 is 2.04. The zero-order valence-corrected chi connectivity index (χ0v) is 20.5. The summed E-state index contributed by atoms with van der Waals surface area (Å²) in [6, 6.07) is 2.73. The van der Waals surface area contributed by atoms with Gasteiger partial charge in [0.2, 0.25) is 0 Å². The van der Waals surface area contributed by atoms with E-state index >= 15 is 0 Å². The molecule has 6 unspecified atom stereocenters. The van der Waals surface area contributed by atoms with Gasteiger partial charge in [-0.2, -0.15) is 0 Å². The predicted octanol–water partition coefficient (Wildman–Crippen LogP) is 3.53. The Balaban J connectivity index is 1.07. The molecule has 0 amide bonds. The average molecular weight is 438 g/mol. The van der Waals surface area contributed by atoms with E-state index in [0.29, 0.717) is 18.1 Å². The van der Waals surface area contributed by atoms with E-state index in [0.717, 1.165) is 35.6 Å². The Bertz CT molecular complexity index is 512. The number of hydrogen-bond acceptors (Lipinski definition) is 6. The minimum Gasteiger partial charge on any atom is -0.316 e. The smallest absolute Gasteiger partial charge is 0.0336 e. The van der Waals surface area contributed by atoms with Crippen LogP contribution in [0.4, 0.5) is 0 Å². The number of hydrogen-bond donors (Lipinski definition) is 4. The van der Waals surface area contributed by atoms with Crippen LogP contribution in [0, 0.1) is 17.8 Å². The molecule has 0 spiro atoms. The quantitative estimate of drug-likeness (QED) is 0.327. The number of hydrazine groups is 1. The van der Waals surface area contributed by atoms with Crippen LogP contribution in [0.15, 0.2) is 0 Å². The molecule has 174 valence electrons. The van der Waals surface area contributed by atoms with Gasteiger partial charge >= 0.3 is 0 Å². The number of rotatable bonds is 9. The Morgan fingerprint density at radius 3 is 2.57 bits per heavy atom. The zero-order valence-electron chi connectivity index (χ0n) is 19.7. The third kappa shape index (κ3) is 5.74. The number of nitrogens with one attached hydrogen (secondary N) is 4. The highest BCUT2D eigenvalue weighted by atomic mass is 32.2. The van der Waals surface area contributed by atoms with Gasteiger partial charge in [0.15, 0.2) is 0 Å². The van der Waals surface area contributed by atoms with Crippen molar-refractivity contribution in [3.63, 3.8) is 0 Å². The molecule has 2 heterocycles. The van der Waals surface area contributed by atoms with Gasteiger partial charge in [-0.25, -0.2) is 5.01 Å². The Kier molecular flexibility index (Phi) is 8.81. The van der Waals surface area contributed by atoms with Crippen molar-refractivity contribution >= 4 is 11.9 Å². The van der Waals surface area contributed by atoms with Crippen LogP contribution in [-0.2, 0) is 0 Å². The van der Waals surface area contributed by atoms with Crippen molar-refractivity contribution in [2.45, 2.75) is 108 Å². The molecule has 0 bridgehead atoms. The molecule has 5 nitrogen and oxygen atoms in total. The van der Waals surface area contributed by atoms with Crippen molar-refractivity contribution in [1.29, 1.82) is 0 Å². The van der Waals surface area contributed by atoms with E-state index in [4.69, 9.17) is 0 Å². The van der Waals surface area contributed by atoms with Gasteiger partial charge in [0.25, 0.3) is 0 Å². The molecule has 0 aromatic heterocycles. The lowest BCUT2D eigenvalue weighted by molar-refractivity contribution is 0.190. The first-order valence-electron chi connectivity index (χ1n) is 13.0. The summed E-state index contributed by atoms with van der Waals surface area (Å²) < 4.78 is 3.75. The SMILES string of the molecule is CCN1NC(C)C(CCNCC2CCC(NCC3NSC4CCCCC34)CC2)C1C. The summed E-state index contributed by atoms with van der Waals surface area (Å²) in [5.41, 5.74) is 3.64. The van der Waals surface area contributed by atoms with Crippen molar-refractivity contribution in [3.05, 3.63) is 0 Å². The fourth-order valence-electron chi connectivity index (χ4n) is 6.62. The second kappa shape index (κ2) is 11.3. The van der Waals surface area contributed by atoms with Crippen molar-refractivity contribution in [1.82, 2.24) is 25.8 Å². The maximum Gasteiger partial charge on any atom is 0.0336 e. The molecule has 4 N–H and O–H groups in total. The van der Waals surface area contributed by atoms with Crippen molar-refractivity contribution < 1.29 is 0 Å². The molecule has 30 heavy (non-hydrogen) atoms. The van der Waals surface area contributed by atoms with Crippen molar-refractivity contribution in [2.24, 2.45) is 17.8 Å². The first-order valence-corrected chi connectivity index (χ1v) is 13.9. The summed E-state index contributed by atoms with van der Waals surface area (Å²) in [7, 11) is 0. The first-order chi connectivity index (χ1) is 14.7. The molecular formula is C24H47N5S. The fourth-order valence-corrected chi connectivity index (χ4v) is 8.01. The van der Waals surface area contributed by atoms with Crippen LogP contribution >= 0.6 is 11.9 Å². The Morgan fingerprint density at radius 1 is 1.00 bits per heavy atom. The van der Waals surface area contributed by atoms with Crippen LogP contribution in [0.2, 0.25) is 0 Å². The number of nitrogens with zero attached hydrogens (tertiary/aromatic N) is 1. The molecular weight excluding hydrogens is 390 g/mol. The van der Waals surface area contributed by atoms with Crippen LogP contribution in [-0.4, -0.2) is 60.6 Å². The average Bonchev–Trinajstić information content (AvgIpc) is 3.31. The van der Waals surface area contributed by atoms with Crippen molar-refractivity contribution in [3.8, 4) is 0 Å². The maximum atomic E-state index is 3.93. The Hall–Kier alpha value is 0.150. The fraction of sp³-hybridized carbons (Fsp3) is 1.00. The molecule has 2 saturated carbocycles. The maximum absolute atomic E-state index is 3.93. The van der Waals surface area contributed by atoms with Crippen LogP contribution in [0.1, 0.15) is 78.6 Å². The van der Waals surface area contributed by atoms with E-state index in [2.05, 4.69) is 46.6 Å². The summed E-state index contributed by atoms with van der Waals surface area (Å²) in [4.78, 5) is 0. The lowest BCUT2D eigenvalue weighted by Crippen LogP contribution is -2.44. The van der Waals surface area contributed by atoms with Gasteiger partial charge in [-0.1, -0.05) is 31.7 Å². The highest BCUT2D eigenvalue weighted by Crippen LogP contribution is 2.39. The third-order valence-corrected chi connectivity index (χ3v) is 9.99. The minimum absolute atomic E-state index is 0.611. The number of fused-ring (bicyclic) bond motifs is 1. The van der Waals surface area contributed by atoms with E-state index in [9.17, 15) is 0 Å². The van der Waals surface area contributed by atoms with E-state index in [1.54, 1.807) is 0 Å². The van der Waals surface area contributed by atoms with E-state index < -0.39 is 0 Å². The van der Waals surface area contributed by atoms with Crippen LogP contribution in [0.5, 0.6) is 0 Å². The van der Waals surface area contributed by atoms with Gasteiger partial charge in [0, 0.05) is 42.5 Å². The van der Waals surface area contributed by atoms with Crippen LogP contribution in [0.3, 0.4) is 0 Å². The molecule has 2 aliphatic carbocycles. The van der Waals surface area contributed by atoms with Gasteiger partial charge in [-0.15, -0.1) is 0 Å². The van der Waals surface area contributed by atoms with E-state index in [-0.39, 0.29) is 0 Å². The van der Waals surface area contributed by atoms with Crippen LogP contribution < -0.4 is 20.8 Å². The topological polar surface area (TPSA) is 51.4 Å². The highest BCUT2D eigenvalue weighted by molar-refractivity contribution is 7.98. The molecule has 0 aromatic carbocycles. The minimum atomic E-state index is 0.611. The van der Waals surface area contributed by atoms with E-state index in [1.165, 1.54) is 77.4 Å². The summed E-state index contributed by atoms with van der Waals surface area (Å²) in [5.74, 6) is 2.57. The molecule has 4 aliphatic rings. The molecule has 4 rings (SSSR count). The lowest BCUT2D eigenvalue weighted by atomic mass is 9.83. The highest BCUT2D eigenvalue weighted by Gasteiger charge is 2.38. The van der Waals surface area contributed by atoms with Gasteiger partial charge < -0.3 is 10.6 Å². The van der Waals surface area contributed by atoms with Crippen LogP contribution in [0.25, 0.3) is 0 Å². The normalized spacial score (nSPS) is 42.5. The standard InChI is InChI=1S/C24H47N5S/c1-4-29-18(3)21(17(2)27-29)13-14-25-15-19-9-11-20(12-10-19)26-16-23-22-7-5-6-8-24(22)30-28-23/h17-28H,4-16H2,1-3H3. The van der Waals surface area contributed by atoms with Gasteiger partial charge in [-0.05, 0) is 89.6 Å². The molecule has 4 fully saturated rings. The third-order valence-electron chi connectivity index (χ3n) is 8.67. The Labute approximate surface area is 189 Å². The predicted molar refractivity (Wildman–Crippen MR) is 129 cm³/mol. The second-order valence-electron chi connectivity index (χ2n) is 10.6. The molecule has 6 atom stereocenters. The van der Waals surface area contributed by atoms with Gasteiger partial charge in [-0.3, -0.25) is 10.1 Å². The van der Waals surface area contributed by atoms with Gasteiger partial charge in [0.1, 0.15) is 0 Å². The summed E-state index contributed by atoms with van der Waals surface area (Å²) in [6.45, 7) is 11.7. The largest absolute Gasteiger partial charge is 0.316 e. The molecule has 6 heteroatoms. The van der Waals surface area contributed by atoms with Gasteiger partial charge in [0.05, 0.1) is 0 Å². The Morgan fingerprint density at radius 2 is 1.80 bits per heavy atom. The molecule has 2 saturated heterocycles. The molecule has 2 aliphatic heterocycles. The lowest BCUT2D eigenvalue weighted by Gasteiger charge is -2.32. The monoisotopic (exact) mass is 437 g/mol. The summed E-state index contributed by atoms with van der Waals surface area (Å²) in [6.07, 6.45) is 12.6. The van der Waals surface area contributed by atoms with E-state index in [1.807, 2.05) is 11.9 Å². The summed E-state index contributed by atoms with van der Waals surface area (Å²) in [5, 5.41) is 11.0. The van der Waals surface area contributed by atoms with Crippen molar-refractivity contribution in [2.75, 3.05) is 26.2 Å². The molecule has 0 radical (unpaired) electrons. The zero-order chi connectivity index (χ0) is 20.9.